The van der Waals surface area contributed by atoms with Crippen molar-refractivity contribution in [2.24, 2.45) is 29.0 Å². The number of amides is 11. The first kappa shape index (κ1) is 58.2. The molecule has 2 fully saturated rings. The van der Waals surface area contributed by atoms with Crippen molar-refractivity contribution in [3.8, 4) is 5.75 Å². The second-order valence-electron chi connectivity index (χ2n) is 18.4. The first-order valence-corrected chi connectivity index (χ1v) is 25.5. The van der Waals surface area contributed by atoms with E-state index >= 15 is 0 Å². The zero-order chi connectivity index (χ0) is 52.5. The zero-order valence-electron chi connectivity index (χ0n) is 40.4. The largest absolute Gasteiger partial charge is 0.508 e. The van der Waals surface area contributed by atoms with Crippen LogP contribution in [-0.2, 0) is 59.2 Å². The number of phenols is 1. The molecule has 3 rings (SSSR count). The maximum atomic E-state index is 14.9. The molecule has 388 valence electrons. The molecule has 2 saturated heterocycles. The van der Waals surface area contributed by atoms with Crippen molar-refractivity contribution < 1.29 is 57.8 Å². The van der Waals surface area contributed by atoms with Crippen molar-refractivity contribution in [2.45, 2.75) is 146 Å². The van der Waals surface area contributed by atoms with Gasteiger partial charge in [0.1, 0.15) is 48.0 Å². The van der Waals surface area contributed by atoms with Gasteiger partial charge in [-0.05, 0) is 69.1 Å². The summed E-state index contributed by atoms with van der Waals surface area (Å²) in [5.74, 6) is -9.53. The number of nitrogens with one attached hydrogen (secondary N) is 7. The Morgan fingerprint density at radius 2 is 1.46 bits per heavy atom. The van der Waals surface area contributed by atoms with Crippen LogP contribution in [0.5, 0.6) is 5.75 Å². The summed E-state index contributed by atoms with van der Waals surface area (Å²) in [5.41, 5.74) is 16.8. The SMILES string of the molecule is CC[C@H](C)[C@@H]1NC(=O)[C@H](Cc2ccc(O)cc2)NC(=O)CCSSC(C)(C)[C@@H](C(=O)N2CCC[C@H]2C(=O)N[C@@H](CC(C)C)C(=O)NCC(N)=O)NC(=O)[C@H](CC(N)=O)NC(=O)[C@H](CCC(N)=O)NC1=O. The van der Waals surface area contributed by atoms with E-state index in [1.54, 1.807) is 39.8 Å². The summed E-state index contributed by atoms with van der Waals surface area (Å²) >= 11 is 0. The first-order valence-electron chi connectivity index (χ1n) is 23.2. The van der Waals surface area contributed by atoms with Crippen LogP contribution >= 0.6 is 21.6 Å². The number of nitrogens with two attached hydrogens (primary N) is 3. The molecule has 2 aliphatic heterocycles. The Morgan fingerprint density at radius 1 is 0.829 bits per heavy atom. The van der Waals surface area contributed by atoms with Gasteiger partial charge < -0.3 is 64.4 Å². The maximum absolute atomic E-state index is 14.9. The van der Waals surface area contributed by atoms with E-state index in [-0.39, 0.29) is 56.1 Å². The summed E-state index contributed by atoms with van der Waals surface area (Å²) in [6, 6.07) is -3.61. The van der Waals surface area contributed by atoms with Crippen LogP contribution in [-0.4, -0.2) is 141 Å². The molecular formula is C45H69N11O12S2. The van der Waals surface area contributed by atoms with E-state index in [4.69, 9.17) is 17.2 Å². The quantitative estimate of drug-likeness (QED) is 0.0771. The third-order valence-electron chi connectivity index (χ3n) is 11.7. The summed E-state index contributed by atoms with van der Waals surface area (Å²) in [5, 5.41) is 28.1. The maximum Gasteiger partial charge on any atom is 0.247 e. The molecule has 1 aromatic carbocycles. The molecule has 70 heavy (non-hydrogen) atoms. The fraction of sp³-hybridized carbons (Fsp3) is 0.622. The second kappa shape index (κ2) is 27.3. The van der Waals surface area contributed by atoms with Gasteiger partial charge in [0.15, 0.2) is 0 Å². The van der Waals surface area contributed by atoms with Crippen LogP contribution in [0.1, 0.15) is 98.5 Å². The lowest BCUT2D eigenvalue weighted by Crippen LogP contribution is -2.63. The highest BCUT2D eigenvalue weighted by Crippen LogP contribution is 2.40. The molecule has 0 radical (unpaired) electrons. The third kappa shape index (κ3) is 18.3. The lowest BCUT2D eigenvalue weighted by atomic mass is 9.96. The molecule has 0 unspecified atom stereocenters. The van der Waals surface area contributed by atoms with Crippen molar-refractivity contribution >= 4 is 86.6 Å². The Hall–Kier alpha value is -6.11. The highest BCUT2D eigenvalue weighted by Gasteiger charge is 2.46. The van der Waals surface area contributed by atoms with Crippen LogP contribution in [0.2, 0.25) is 0 Å². The number of hydrogen-bond acceptors (Lipinski definition) is 14. The minimum Gasteiger partial charge on any atom is -0.508 e. The van der Waals surface area contributed by atoms with Gasteiger partial charge in [-0.25, -0.2) is 0 Å². The smallest absolute Gasteiger partial charge is 0.247 e. The molecule has 0 saturated carbocycles. The Morgan fingerprint density at radius 3 is 2.06 bits per heavy atom. The van der Waals surface area contributed by atoms with Crippen LogP contribution in [0.25, 0.3) is 0 Å². The van der Waals surface area contributed by atoms with E-state index in [1.165, 1.54) is 17.0 Å². The summed E-state index contributed by atoms with van der Waals surface area (Å²) in [6.45, 7) is 9.91. The van der Waals surface area contributed by atoms with Gasteiger partial charge in [0, 0.05) is 36.3 Å². The Balaban J connectivity index is 2.10. The third-order valence-corrected chi connectivity index (χ3v) is 15.0. The predicted molar refractivity (Wildman–Crippen MR) is 260 cm³/mol. The monoisotopic (exact) mass is 1020 g/mol. The average Bonchev–Trinajstić information content (AvgIpc) is 3.78. The first-order chi connectivity index (χ1) is 32.8. The summed E-state index contributed by atoms with van der Waals surface area (Å²) in [4.78, 5) is 149. The van der Waals surface area contributed by atoms with Crippen molar-refractivity contribution in [3.05, 3.63) is 29.8 Å². The van der Waals surface area contributed by atoms with E-state index in [2.05, 4.69) is 37.2 Å². The Labute approximate surface area is 414 Å². The molecule has 2 aliphatic rings. The van der Waals surface area contributed by atoms with Crippen molar-refractivity contribution in [3.63, 3.8) is 0 Å². The highest BCUT2D eigenvalue weighted by molar-refractivity contribution is 8.77. The number of carbonyl (C=O) groups is 11. The van der Waals surface area contributed by atoms with Crippen LogP contribution in [0.15, 0.2) is 24.3 Å². The second-order valence-corrected chi connectivity index (χ2v) is 21.5. The minimum atomic E-state index is -1.75. The molecular weight excluding hydrogens is 951 g/mol. The van der Waals surface area contributed by atoms with Crippen LogP contribution < -0.4 is 54.4 Å². The lowest BCUT2D eigenvalue weighted by Gasteiger charge is -2.37. The molecule has 25 heteroatoms. The van der Waals surface area contributed by atoms with Crippen molar-refractivity contribution in [1.82, 2.24) is 42.1 Å². The summed E-state index contributed by atoms with van der Waals surface area (Å²) < 4.78 is -1.28. The molecule has 1 aromatic rings. The number of phenolic OH excluding ortho intramolecular Hbond substituents is 1. The van der Waals surface area contributed by atoms with Crippen LogP contribution in [0.4, 0.5) is 0 Å². The molecule has 14 N–H and O–H groups in total. The van der Waals surface area contributed by atoms with E-state index in [0.717, 1.165) is 21.6 Å². The van der Waals surface area contributed by atoms with Gasteiger partial charge in [-0.1, -0.05) is 67.8 Å². The zero-order valence-corrected chi connectivity index (χ0v) is 42.1. The van der Waals surface area contributed by atoms with Gasteiger partial charge in [-0.3, -0.25) is 52.7 Å². The van der Waals surface area contributed by atoms with E-state index in [0.29, 0.717) is 18.4 Å². The number of benzene rings is 1. The fourth-order valence-electron chi connectivity index (χ4n) is 7.69. The summed E-state index contributed by atoms with van der Waals surface area (Å²) in [6.07, 6.45) is -0.718. The minimum absolute atomic E-state index is 0.0274. The number of primary amides is 3. The van der Waals surface area contributed by atoms with Crippen molar-refractivity contribution in [1.29, 1.82) is 0 Å². The number of rotatable bonds is 17. The molecule has 0 aromatic heterocycles. The van der Waals surface area contributed by atoms with Gasteiger partial charge in [0.2, 0.25) is 65.0 Å². The number of hydrogen-bond donors (Lipinski definition) is 11. The normalized spacial score (nSPS) is 23.8. The standard InChI is InChI=1S/C45H69N11O12S2/c1-7-24(4)36-43(67)51-27(14-15-32(46)58)39(63)52-30(21-33(47)59)41(65)55-37(44(68)56-17-8-9-31(56)42(66)53-28(19-23(2)3)38(62)49-22-34(48)60)45(5,6)70-69-18-16-35(61)50-29(40(64)54-36)20-25-10-12-26(57)13-11-25/h10-13,23-24,27-31,36-37,57H,7-9,14-22H2,1-6H3,(H2,46,58)(H2,47,59)(H2,48,60)(H,49,62)(H,50,61)(H,51,67)(H,52,63)(H,53,66)(H,54,64)(H,55,65)/t24-,27-,28-,29-,30-,31-,36-,37+/m0/s1. The highest BCUT2D eigenvalue weighted by atomic mass is 33.1. The Bertz CT molecular complexity index is 2090. The summed E-state index contributed by atoms with van der Waals surface area (Å²) in [7, 11) is 2.27. The number of carbonyl (C=O) groups excluding carboxylic acids is 11. The molecule has 23 nitrogen and oxygen atoms in total. The molecule has 11 amide bonds. The van der Waals surface area contributed by atoms with E-state index < -0.39 is 137 Å². The molecule has 2 heterocycles. The number of likely N-dealkylation sites (tertiary alicyclic amines) is 1. The average molecular weight is 1020 g/mol. The fourth-order valence-corrected chi connectivity index (χ4v) is 10.3. The number of aromatic hydroxyl groups is 1. The molecule has 0 spiro atoms. The molecule has 8 atom stereocenters. The number of nitrogens with zero attached hydrogens (tertiary/aromatic N) is 1. The molecule has 0 aliphatic carbocycles. The van der Waals surface area contributed by atoms with Gasteiger partial charge in [0.25, 0.3) is 0 Å². The molecule has 0 bridgehead atoms. The Kier molecular flexibility index (Phi) is 22.7. The van der Waals surface area contributed by atoms with Gasteiger partial charge >= 0.3 is 0 Å². The van der Waals surface area contributed by atoms with Crippen LogP contribution in [0.3, 0.4) is 0 Å². The van der Waals surface area contributed by atoms with Gasteiger partial charge in [0.05, 0.1) is 13.0 Å². The topological polar surface area (TPSA) is 374 Å². The van der Waals surface area contributed by atoms with Crippen molar-refractivity contribution in [2.75, 3.05) is 18.8 Å². The predicted octanol–water partition coefficient (Wildman–Crippen LogP) is -1.77. The van der Waals surface area contributed by atoms with Crippen LogP contribution in [0, 0.1) is 11.8 Å². The van der Waals surface area contributed by atoms with E-state index in [9.17, 15) is 57.8 Å². The van der Waals surface area contributed by atoms with E-state index in [1.807, 2.05) is 13.8 Å². The lowest BCUT2D eigenvalue weighted by molar-refractivity contribution is -0.143. The van der Waals surface area contributed by atoms with Gasteiger partial charge in [-0.2, -0.15) is 0 Å². The van der Waals surface area contributed by atoms with Gasteiger partial charge in [-0.15, -0.1) is 0 Å².